The Morgan fingerprint density at radius 1 is 0.811 bits per heavy atom. The van der Waals surface area contributed by atoms with Crippen LogP contribution in [-0.2, 0) is 37.0 Å². The number of nitro benzene ring substituents is 1. The normalized spacial score (nSPS) is 14.4. The van der Waals surface area contributed by atoms with Crippen molar-refractivity contribution in [3.05, 3.63) is 154 Å². The van der Waals surface area contributed by atoms with E-state index in [1.807, 2.05) is 12.1 Å². The molecule has 0 saturated carbocycles. The van der Waals surface area contributed by atoms with Gasteiger partial charge in [0.05, 0.1) is 38.5 Å². The average molecular weight is 776 g/mol. The number of hydrazone groups is 1. The quantitative estimate of drug-likeness (QED) is 0.0511. The fourth-order valence-electron chi connectivity index (χ4n) is 4.71. The second-order valence-corrected chi connectivity index (χ2v) is 12.5. The van der Waals surface area contributed by atoms with Gasteiger partial charge in [-0.2, -0.15) is 5.10 Å². The molecule has 0 amide bonds. The number of hydrogen-bond acceptors (Lipinski definition) is 12. The molecule has 0 spiro atoms. The maximum absolute atomic E-state index is 12.7. The number of non-ortho nitro benzene ring substituents is 1. The number of fused-ring (bicyclic) bond motifs is 1. The molecule has 2 aliphatic rings. The molecule has 0 heterocycles. The first-order valence-electron chi connectivity index (χ1n) is 15.0. The van der Waals surface area contributed by atoms with Crippen molar-refractivity contribution in [2.45, 2.75) is 4.90 Å². The predicted octanol–water partition coefficient (Wildman–Crippen LogP) is 5.82. The number of anilines is 3. The number of carbonyl (C=O) groups is 3. The fraction of sp³-hybridized carbons (Fsp3) is 0. The predicted molar refractivity (Wildman–Crippen MR) is 195 cm³/mol. The van der Waals surface area contributed by atoms with Crippen LogP contribution < -0.4 is 15.5 Å². The maximum atomic E-state index is 12.7. The number of aromatic hydroxyl groups is 2. The van der Waals surface area contributed by atoms with Gasteiger partial charge in [-0.1, -0.05) is 54.6 Å². The molecule has 2 aliphatic carbocycles. The van der Waals surface area contributed by atoms with Crippen molar-refractivity contribution in [2.75, 3.05) is 15.5 Å². The van der Waals surface area contributed by atoms with E-state index in [1.165, 1.54) is 72.9 Å². The van der Waals surface area contributed by atoms with Gasteiger partial charge in [0.15, 0.2) is 5.78 Å². The topological polar surface area (TPSA) is 238 Å². The molecule has 6 N–H and O–H groups in total. The van der Waals surface area contributed by atoms with E-state index in [1.54, 1.807) is 36.4 Å². The van der Waals surface area contributed by atoms with Crippen LogP contribution in [0, 0.1) is 10.1 Å². The number of nitrogens with zero attached hydrogens (tertiary/aromatic N) is 2. The van der Waals surface area contributed by atoms with Gasteiger partial charge in [0, 0.05) is 40.8 Å². The number of nitrogens with one attached hydrogen (secondary N) is 3. The number of benzene rings is 4. The van der Waals surface area contributed by atoms with Gasteiger partial charge in [-0.3, -0.25) is 29.9 Å². The largest absolute Gasteiger partial charge is 1.00 e. The first-order valence-corrected chi connectivity index (χ1v) is 16.5. The molecule has 15 nitrogen and oxygen atoms in total. The van der Waals surface area contributed by atoms with Crippen molar-refractivity contribution >= 4 is 62.1 Å². The molecule has 4 aromatic rings. The van der Waals surface area contributed by atoms with Crippen molar-refractivity contribution < 1.29 is 63.3 Å². The van der Waals surface area contributed by atoms with E-state index >= 15 is 0 Å². The Morgan fingerprint density at radius 3 is 2.25 bits per heavy atom. The number of phenolic OH excluding ortho intramolecular Hbond substituents is 2. The van der Waals surface area contributed by atoms with E-state index < -0.39 is 20.9 Å². The summed E-state index contributed by atoms with van der Waals surface area (Å²) in [5.41, 5.74) is 4.36. The number of carboxylic acids is 1. The minimum Gasteiger partial charge on any atom is -0.506 e. The Kier molecular flexibility index (Phi) is 12.5. The molecule has 0 aliphatic heterocycles. The zero-order valence-electron chi connectivity index (χ0n) is 29.0. The number of sulfonamides is 1. The van der Waals surface area contributed by atoms with E-state index in [4.69, 9.17) is 0 Å². The van der Waals surface area contributed by atoms with Crippen LogP contribution in [0.25, 0.3) is 6.08 Å². The van der Waals surface area contributed by atoms with Crippen molar-refractivity contribution in [2.24, 2.45) is 5.10 Å². The Balaban J connectivity index is 0.000000368. The summed E-state index contributed by atoms with van der Waals surface area (Å²) in [4.78, 5) is 44.9. The third-order valence-electron chi connectivity index (χ3n) is 7.33. The Hall–Kier alpha value is -6.80. The van der Waals surface area contributed by atoms with Gasteiger partial charge in [0.2, 0.25) is 5.78 Å². The Morgan fingerprint density at radius 2 is 1.53 bits per heavy atom. The first-order chi connectivity index (χ1) is 24.8. The van der Waals surface area contributed by atoms with Crippen molar-refractivity contribution in [3.8, 4) is 11.5 Å². The van der Waals surface area contributed by atoms with Crippen LogP contribution in [0.15, 0.2) is 137 Å². The zero-order chi connectivity index (χ0) is 37.4. The molecular formula is C36H29CrN5O10S+2. The van der Waals surface area contributed by atoms with Gasteiger partial charge >= 0.3 is 8.82 Å². The minimum absolute atomic E-state index is 0. The summed E-state index contributed by atoms with van der Waals surface area (Å²) in [5, 5.41) is 46.4. The molecule has 0 radical (unpaired) electrons. The molecule has 6 rings (SSSR count). The fourth-order valence-corrected chi connectivity index (χ4v) is 5.82. The van der Waals surface area contributed by atoms with Gasteiger partial charge in [-0.15, -0.1) is 0 Å². The monoisotopic (exact) mass is 775 g/mol. The number of nitro groups is 1. The third-order valence-corrected chi connectivity index (χ3v) is 8.69. The number of allylic oxidation sites excluding steroid dienone is 6. The number of carbonyl (C=O) groups excluding carboxylic acids is 2. The molecule has 268 valence electrons. The average Bonchev–Trinajstić information content (AvgIpc) is 3.12. The Bertz CT molecular complexity index is 2400. The molecular weight excluding hydrogens is 746 g/mol. The van der Waals surface area contributed by atoms with Gasteiger partial charge in [0.1, 0.15) is 17.2 Å². The van der Waals surface area contributed by atoms with Crippen molar-refractivity contribution in [3.63, 3.8) is 0 Å². The second kappa shape index (κ2) is 16.9. The standard InChI is InChI=1S/C20H16N2O6S.C16H11N3O4.Cr/c23-18-8-4-1-5-13(18)12-21-17-11-14(9-10-19(17)24)29(27,28)22-16-7-3-2-6-15(16)20(25)26;20-14-8-5-10-3-1-2-4-12(10)16(14)18-17-13-7-6-11(19(22)23)9-15(13)21;/h1-12,21-22,24H,(H,25,26);1-9,17,21H;/p+2/b13-12-;18-16-;. The van der Waals surface area contributed by atoms with Crippen molar-refractivity contribution in [1.29, 1.82) is 0 Å². The van der Waals surface area contributed by atoms with E-state index in [0.29, 0.717) is 11.1 Å². The molecule has 0 unspecified atom stereocenters. The van der Waals surface area contributed by atoms with Crippen LogP contribution in [0.3, 0.4) is 0 Å². The van der Waals surface area contributed by atoms with Crippen molar-refractivity contribution in [1.82, 2.24) is 0 Å². The van der Waals surface area contributed by atoms with Crippen LogP contribution in [0.4, 0.5) is 22.7 Å². The van der Waals surface area contributed by atoms with Gasteiger partial charge in [-0.25, -0.2) is 13.2 Å². The first kappa shape index (κ1) is 39.0. The van der Waals surface area contributed by atoms with Crippen LogP contribution >= 0.6 is 0 Å². The summed E-state index contributed by atoms with van der Waals surface area (Å²) >= 11 is 0. The number of hydrogen-bond donors (Lipinski definition) is 6. The molecule has 53 heavy (non-hydrogen) atoms. The number of carboxylic acid groups (broad SMARTS) is 1. The smallest absolute Gasteiger partial charge is 0.506 e. The van der Waals surface area contributed by atoms with Crippen LogP contribution in [0.1, 0.15) is 24.3 Å². The van der Waals surface area contributed by atoms with E-state index in [9.17, 15) is 48.2 Å². The van der Waals surface area contributed by atoms with E-state index in [-0.39, 0.29) is 82.2 Å². The van der Waals surface area contributed by atoms with Crippen LogP contribution in [0.2, 0.25) is 0 Å². The summed E-state index contributed by atoms with van der Waals surface area (Å²) in [6.07, 6.45) is 10.7. The number of phenols is 2. The summed E-state index contributed by atoms with van der Waals surface area (Å²) in [5.74, 6) is -2.33. The third kappa shape index (κ3) is 9.51. The summed E-state index contributed by atoms with van der Waals surface area (Å²) < 4.78 is 27.6. The summed E-state index contributed by atoms with van der Waals surface area (Å²) in [6, 6.07) is 20.0. The van der Waals surface area contributed by atoms with E-state index in [2.05, 4.69) is 20.6 Å². The molecule has 0 saturated heterocycles. The minimum atomic E-state index is -4.14. The van der Waals surface area contributed by atoms with Gasteiger partial charge in [0.25, 0.3) is 15.7 Å². The molecule has 0 atom stereocenters. The van der Waals surface area contributed by atoms with E-state index in [0.717, 1.165) is 11.6 Å². The Labute approximate surface area is 315 Å². The number of ketones is 2. The SMILES string of the molecule is O=C1C=CC=C/C1=C/Nc1cc(S(=O)(=O)Nc2ccccc2C(=O)O)ccc1O.O=C1C=Cc2ccccc2/C1=N/Nc1ccc([N+](=O)[O-])cc1O.[Cr].[H+].[H+]. The molecule has 4 aromatic carbocycles. The summed E-state index contributed by atoms with van der Waals surface area (Å²) in [6.45, 7) is 0. The number of rotatable bonds is 9. The number of para-hydroxylation sites is 1. The van der Waals surface area contributed by atoms with Gasteiger partial charge in [-0.05, 0) is 60.2 Å². The maximum Gasteiger partial charge on any atom is 1.00 e. The van der Waals surface area contributed by atoms with Gasteiger partial charge < -0.3 is 20.6 Å². The van der Waals surface area contributed by atoms with Crippen LogP contribution in [0.5, 0.6) is 11.5 Å². The molecule has 0 aromatic heterocycles. The number of aromatic carboxylic acids is 1. The zero-order valence-corrected chi connectivity index (χ0v) is 29.1. The van der Waals surface area contributed by atoms with Crippen LogP contribution in [-0.4, -0.2) is 51.9 Å². The summed E-state index contributed by atoms with van der Waals surface area (Å²) in [7, 11) is -4.14. The molecule has 0 bridgehead atoms. The molecule has 17 heteroatoms. The molecule has 0 fully saturated rings. The second-order valence-electron chi connectivity index (χ2n) is 10.8.